The second kappa shape index (κ2) is 11.3. The minimum atomic E-state index is -0.275. The standard InChI is InChI=1S/C28H28N4O4/c1-19(33)29-22-10-12-23(13-11-22)30-27(34)16-17-28(35)32-26(21-8-14-24(36-2)15-9-21)18-25(31-32)20-6-4-3-5-7-20/h3-15,26H,16-18H2,1-2H3,(H,29,33)(H,30,34)/t26-/m0/s1. The van der Waals surface area contributed by atoms with E-state index in [1.807, 2.05) is 54.6 Å². The molecule has 3 aromatic carbocycles. The number of hydrogen-bond acceptors (Lipinski definition) is 5. The molecule has 0 radical (unpaired) electrons. The van der Waals surface area contributed by atoms with Crippen molar-refractivity contribution in [2.24, 2.45) is 5.10 Å². The van der Waals surface area contributed by atoms with E-state index in [1.54, 1.807) is 31.4 Å². The van der Waals surface area contributed by atoms with Gasteiger partial charge in [0, 0.05) is 37.6 Å². The van der Waals surface area contributed by atoms with Crippen molar-refractivity contribution in [2.45, 2.75) is 32.2 Å². The van der Waals surface area contributed by atoms with E-state index in [0.717, 1.165) is 22.6 Å². The van der Waals surface area contributed by atoms with E-state index < -0.39 is 0 Å². The molecule has 0 aromatic heterocycles. The van der Waals surface area contributed by atoms with Crippen LogP contribution in [0.4, 0.5) is 11.4 Å². The minimum Gasteiger partial charge on any atom is -0.497 e. The van der Waals surface area contributed by atoms with E-state index in [9.17, 15) is 14.4 Å². The second-order valence-electron chi connectivity index (χ2n) is 8.45. The summed E-state index contributed by atoms with van der Waals surface area (Å²) in [5.41, 5.74) is 3.97. The van der Waals surface area contributed by atoms with Crippen molar-refractivity contribution in [1.82, 2.24) is 5.01 Å². The normalized spacial score (nSPS) is 14.7. The quantitative estimate of drug-likeness (QED) is 0.482. The van der Waals surface area contributed by atoms with Crippen LogP contribution in [0.2, 0.25) is 0 Å². The first kappa shape index (κ1) is 24.7. The fourth-order valence-corrected chi connectivity index (χ4v) is 4.03. The Morgan fingerprint density at radius 3 is 2.14 bits per heavy atom. The molecule has 0 saturated carbocycles. The third kappa shape index (κ3) is 6.15. The zero-order valence-corrected chi connectivity index (χ0v) is 20.2. The molecular formula is C28H28N4O4. The maximum Gasteiger partial charge on any atom is 0.243 e. The van der Waals surface area contributed by atoms with Gasteiger partial charge in [0.05, 0.1) is 18.9 Å². The molecule has 4 rings (SSSR count). The van der Waals surface area contributed by atoms with Crippen LogP contribution in [-0.4, -0.2) is 35.6 Å². The lowest BCUT2D eigenvalue weighted by atomic mass is 9.98. The first-order valence-corrected chi connectivity index (χ1v) is 11.7. The molecule has 0 aliphatic carbocycles. The Kier molecular flexibility index (Phi) is 7.75. The van der Waals surface area contributed by atoms with Gasteiger partial charge in [0.2, 0.25) is 17.7 Å². The highest BCUT2D eigenvalue weighted by Crippen LogP contribution is 2.34. The van der Waals surface area contributed by atoms with Gasteiger partial charge >= 0.3 is 0 Å². The molecule has 1 aliphatic heterocycles. The zero-order chi connectivity index (χ0) is 25.5. The monoisotopic (exact) mass is 484 g/mol. The predicted octanol–water partition coefficient (Wildman–Crippen LogP) is 4.75. The van der Waals surface area contributed by atoms with Crippen molar-refractivity contribution >= 4 is 34.8 Å². The van der Waals surface area contributed by atoms with Crippen molar-refractivity contribution in [2.75, 3.05) is 17.7 Å². The SMILES string of the molecule is COc1ccc([C@@H]2CC(c3ccccc3)=NN2C(=O)CCC(=O)Nc2ccc(NC(C)=O)cc2)cc1. The van der Waals surface area contributed by atoms with Crippen molar-refractivity contribution < 1.29 is 19.1 Å². The van der Waals surface area contributed by atoms with E-state index in [-0.39, 0.29) is 36.6 Å². The molecule has 0 fully saturated rings. The molecule has 0 bridgehead atoms. The average molecular weight is 485 g/mol. The van der Waals surface area contributed by atoms with Crippen LogP contribution in [0.1, 0.15) is 43.4 Å². The number of benzene rings is 3. The van der Waals surface area contributed by atoms with E-state index >= 15 is 0 Å². The molecule has 1 atom stereocenters. The smallest absolute Gasteiger partial charge is 0.243 e. The molecule has 0 spiro atoms. The van der Waals surface area contributed by atoms with Gasteiger partial charge in [0.1, 0.15) is 5.75 Å². The number of hydrazone groups is 1. The zero-order valence-electron chi connectivity index (χ0n) is 20.2. The van der Waals surface area contributed by atoms with Crippen molar-refractivity contribution in [1.29, 1.82) is 0 Å². The molecule has 0 saturated heterocycles. The summed E-state index contributed by atoms with van der Waals surface area (Å²) in [6.07, 6.45) is 0.622. The molecular weight excluding hydrogens is 456 g/mol. The minimum absolute atomic E-state index is 0.0219. The Hall–Kier alpha value is -4.46. The third-order valence-electron chi connectivity index (χ3n) is 5.83. The number of nitrogens with one attached hydrogen (secondary N) is 2. The van der Waals surface area contributed by atoms with E-state index in [2.05, 4.69) is 15.7 Å². The number of carbonyl (C=O) groups is 3. The molecule has 2 N–H and O–H groups in total. The van der Waals surface area contributed by atoms with Crippen LogP contribution in [0.25, 0.3) is 0 Å². The summed E-state index contributed by atoms with van der Waals surface area (Å²) in [5.74, 6) is 0.0693. The lowest BCUT2D eigenvalue weighted by Gasteiger charge is -2.22. The molecule has 184 valence electrons. The summed E-state index contributed by atoms with van der Waals surface area (Å²) in [5, 5.41) is 11.6. The lowest BCUT2D eigenvalue weighted by molar-refractivity contribution is -0.134. The topological polar surface area (TPSA) is 100 Å². The number of rotatable bonds is 8. The second-order valence-corrected chi connectivity index (χ2v) is 8.45. The Labute approximate surface area is 210 Å². The van der Waals surface area contributed by atoms with Crippen LogP contribution in [0.15, 0.2) is 84.0 Å². The van der Waals surface area contributed by atoms with Gasteiger partial charge in [-0.1, -0.05) is 42.5 Å². The fraction of sp³-hybridized carbons (Fsp3) is 0.214. The van der Waals surface area contributed by atoms with Gasteiger partial charge in [-0.05, 0) is 47.5 Å². The Balaban J connectivity index is 1.43. The first-order chi connectivity index (χ1) is 17.4. The fourth-order valence-electron chi connectivity index (χ4n) is 4.03. The Morgan fingerprint density at radius 2 is 1.53 bits per heavy atom. The summed E-state index contributed by atoms with van der Waals surface area (Å²) < 4.78 is 5.26. The highest BCUT2D eigenvalue weighted by Gasteiger charge is 2.33. The summed E-state index contributed by atoms with van der Waals surface area (Å²) in [6.45, 7) is 1.43. The van der Waals surface area contributed by atoms with Crippen molar-refractivity contribution in [3.05, 3.63) is 90.0 Å². The van der Waals surface area contributed by atoms with Crippen LogP contribution in [0.5, 0.6) is 5.75 Å². The number of carbonyl (C=O) groups excluding carboxylic acids is 3. The average Bonchev–Trinajstić information content (AvgIpc) is 3.34. The van der Waals surface area contributed by atoms with Crippen LogP contribution in [0, 0.1) is 0 Å². The number of hydrogen-bond donors (Lipinski definition) is 2. The van der Waals surface area contributed by atoms with Crippen molar-refractivity contribution in [3.8, 4) is 5.75 Å². The maximum absolute atomic E-state index is 13.2. The molecule has 1 heterocycles. The van der Waals surface area contributed by atoms with Gasteiger partial charge in [-0.2, -0.15) is 5.10 Å². The van der Waals surface area contributed by atoms with E-state index in [4.69, 9.17) is 4.74 Å². The number of methoxy groups -OCH3 is 1. The summed E-state index contributed by atoms with van der Waals surface area (Å²) in [6, 6.07) is 23.9. The van der Waals surface area contributed by atoms with Crippen molar-refractivity contribution in [3.63, 3.8) is 0 Å². The number of anilines is 2. The predicted molar refractivity (Wildman–Crippen MR) is 139 cm³/mol. The summed E-state index contributed by atoms with van der Waals surface area (Å²) in [4.78, 5) is 36.9. The van der Waals surface area contributed by atoms with Gasteiger partial charge < -0.3 is 15.4 Å². The molecule has 1 aliphatic rings. The number of ether oxygens (including phenoxy) is 1. The van der Waals surface area contributed by atoms with E-state index in [0.29, 0.717) is 17.8 Å². The molecule has 36 heavy (non-hydrogen) atoms. The van der Waals surface area contributed by atoms with Gasteiger partial charge in [0.25, 0.3) is 0 Å². The van der Waals surface area contributed by atoms with Gasteiger partial charge in [0.15, 0.2) is 0 Å². The lowest BCUT2D eigenvalue weighted by Crippen LogP contribution is -2.28. The Morgan fingerprint density at radius 1 is 0.889 bits per heavy atom. The van der Waals surface area contributed by atoms with Gasteiger partial charge in [-0.15, -0.1) is 0 Å². The highest BCUT2D eigenvalue weighted by molar-refractivity contribution is 6.03. The van der Waals surface area contributed by atoms with Crippen LogP contribution in [0.3, 0.4) is 0 Å². The van der Waals surface area contributed by atoms with Gasteiger partial charge in [-0.3, -0.25) is 14.4 Å². The number of amides is 3. The van der Waals surface area contributed by atoms with Crippen LogP contribution < -0.4 is 15.4 Å². The largest absolute Gasteiger partial charge is 0.497 e. The molecule has 3 aromatic rings. The summed E-state index contributed by atoms with van der Waals surface area (Å²) >= 11 is 0. The highest BCUT2D eigenvalue weighted by atomic mass is 16.5. The van der Waals surface area contributed by atoms with E-state index in [1.165, 1.54) is 11.9 Å². The number of nitrogens with zero attached hydrogens (tertiary/aromatic N) is 2. The van der Waals surface area contributed by atoms with Crippen LogP contribution >= 0.6 is 0 Å². The Bertz CT molecular complexity index is 1250. The molecule has 0 unspecified atom stereocenters. The summed E-state index contributed by atoms with van der Waals surface area (Å²) in [7, 11) is 1.61. The van der Waals surface area contributed by atoms with Crippen LogP contribution in [-0.2, 0) is 14.4 Å². The molecule has 8 heteroatoms. The molecule has 8 nitrogen and oxygen atoms in total. The maximum atomic E-state index is 13.2. The third-order valence-corrected chi connectivity index (χ3v) is 5.83. The van der Waals surface area contributed by atoms with Gasteiger partial charge in [-0.25, -0.2) is 5.01 Å². The first-order valence-electron chi connectivity index (χ1n) is 11.7. The molecule has 3 amide bonds.